The maximum atomic E-state index is 10.4. The van der Waals surface area contributed by atoms with Crippen molar-refractivity contribution in [3.63, 3.8) is 0 Å². The van der Waals surface area contributed by atoms with Crippen molar-refractivity contribution in [2.24, 2.45) is 0 Å². The molecule has 2 nitrogen and oxygen atoms in total. The van der Waals surface area contributed by atoms with Gasteiger partial charge in [0.25, 0.3) is 0 Å². The van der Waals surface area contributed by atoms with E-state index in [1.165, 1.54) is 6.26 Å². The molecule has 1 rings (SSSR count). The van der Waals surface area contributed by atoms with Crippen LogP contribution in [0.3, 0.4) is 0 Å². The van der Waals surface area contributed by atoms with E-state index in [1.807, 2.05) is 22.6 Å². The summed E-state index contributed by atoms with van der Waals surface area (Å²) in [5.74, 6) is 0. The zero-order valence-electron chi connectivity index (χ0n) is 3.93. The molecule has 0 amide bonds. The van der Waals surface area contributed by atoms with Crippen molar-refractivity contribution in [1.29, 1.82) is 0 Å². The van der Waals surface area contributed by atoms with E-state index in [2.05, 4.69) is 4.42 Å². The van der Waals surface area contributed by atoms with Gasteiger partial charge in [0.05, 0.1) is 9.83 Å². The fraction of sp³-hybridized carbons (Fsp3) is 0. The van der Waals surface area contributed by atoms with E-state index in [1.54, 1.807) is 12.1 Å². The maximum Gasteiger partial charge on any atom is 0.349 e. The summed E-state index contributed by atoms with van der Waals surface area (Å²) >= 11 is 1.92. The monoisotopic (exact) mass is 222 g/mol. The molecule has 8 heavy (non-hydrogen) atoms. The third-order valence-corrected chi connectivity index (χ3v) is 1.49. The van der Waals surface area contributed by atoms with Crippen LogP contribution in [-0.4, -0.2) is 0 Å². The first-order valence-corrected chi connectivity index (χ1v) is 3.12. The summed E-state index contributed by atoms with van der Waals surface area (Å²) in [7, 11) is 0. The lowest BCUT2D eigenvalue weighted by Crippen LogP contribution is -1.99. The Bertz CT molecular complexity index is 228. The fourth-order valence-corrected chi connectivity index (χ4v) is 0.684. The van der Waals surface area contributed by atoms with E-state index >= 15 is 0 Å². The predicted molar refractivity (Wildman–Crippen MR) is 37.7 cm³/mol. The smallest absolute Gasteiger partial charge is 0.349 e. The van der Waals surface area contributed by atoms with Gasteiger partial charge in [0, 0.05) is 0 Å². The topological polar surface area (TPSA) is 30.2 Å². The van der Waals surface area contributed by atoms with Crippen molar-refractivity contribution in [2.75, 3.05) is 0 Å². The molecule has 0 aliphatic rings. The highest BCUT2D eigenvalue weighted by Gasteiger charge is 1.88. The minimum Gasteiger partial charge on any atom is -0.431 e. The Hall–Kier alpha value is -0.320. The van der Waals surface area contributed by atoms with Gasteiger partial charge in [-0.25, -0.2) is 4.79 Å². The van der Waals surface area contributed by atoms with Crippen LogP contribution in [0.4, 0.5) is 0 Å². The van der Waals surface area contributed by atoms with E-state index in [9.17, 15) is 4.79 Å². The molecule has 0 N–H and O–H groups in total. The van der Waals surface area contributed by atoms with Gasteiger partial charge in [-0.05, 0) is 34.7 Å². The van der Waals surface area contributed by atoms with E-state index in [0.717, 1.165) is 0 Å². The second kappa shape index (κ2) is 2.30. The van der Waals surface area contributed by atoms with E-state index < -0.39 is 0 Å². The highest BCUT2D eigenvalue weighted by atomic mass is 127. The summed E-state index contributed by atoms with van der Waals surface area (Å²) in [6, 6.07) is 3.38. The van der Waals surface area contributed by atoms with Crippen LogP contribution in [0.1, 0.15) is 0 Å². The molecule has 0 spiro atoms. The van der Waals surface area contributed by atoms with Crippen LogP contribution in [-0.2, 0) is 0 Å². The fourth-order valence-electron chi connectivity index (χ4n) is 0.349. The van der Waals surface area contributed by atoms with Gasteiger partial charge >= 0.3 is 5.63 Å². The van der Waals surface area contributed by atoms with Crippen LogP contribution < -0.4 is 5.63 Å². The summed E-state index contributed by atoms with van der Waals surface area (Å²) in [5, 5.41) is 0. The van der Waals surface area contributed by atoms with Crippen molar-refractivity contribution in [1.82, 2.24) is 0 Å². The minimum atomic E-state index is -0.270. The van der Waals surface area contributed by atoms with Crippen molar-refractivity contribution in [3.05, 3.63) is 32.4 Å². The van der Waals surface area contributed by atoms with Crippen molar-refractivity contribution < 1.29 is 4.42 Å². The first-order chi connectivity index (χ1) is 3.80. The average molecular weight is 222 g/mol. The molecule has 0 aromatic carbocycles. The summed E-state index contributed by atoms with van der Waals surface area (Å²) in [4.78, 5) is 10.4. The Morgan fingerprint density at radius 2 is 2.38 bits per heavy atom. The number of hydrogen-bond acceptors (Lipinski definition) is 2. The summed E-state index contributed by atoms with van der Waals surface area (Å²) < 4.78 is 5.11. The Morgan fingerprint density at radius 3 is 2.75 bits per heavy atom. The van der Waals surface area contributed by atoms with Crippen LogP contribution >= 0.6 is 22.6 Å². The molecule has 0 unspecified atom stereocenters. The van der Waals surface area contributed by atoms with Crippen LogP contribution in [0.15, 0.2) is 27.6 Å². The van der Waals surface area contributed by atoms with E-state index in [4.69, 9.17) is 0 Å². The molecule has 0 aliphatic carbocycles. The van der Waals surface area contributed by atoms with Gasteiger partial charge in [0.2, 0.25) is 0 Å². The van der Waals surface area contributed by atoms with Crippen molar-refractivity contribution >= 4 is 22.6 Å². The molecule has 42 valence electrons. The zero-order valence-corrected chi connectivity index (χ0v) is 6.08. The molecule has 3 heteroatoms. The van der Waals surface area contributed by atoms with Crippen LogP contribution in [0.5, 0.6) is 0 Å². The van der Waals surface area contributed by atoms with Crippen LogP contribution in [0, 0.1) is 3.57 Å². The van der Waals surface area contributed by atoms with Gasteiger partial charge in [-0.15, -0.1) is 0 Å². The second-order valence-electron chi connectivity index (χ2n) is 1.25. The first-order valence-electron chi connectivity index (χ1n) is 2.04. The Labute approximate surface area is 59.7 Å². The maximum absolute atomic E-state index is 10.4. The minimum absolute atomic E-state index is 0.270. The number of rotatable bonds is 0. The average Bonchev–Trinajstić information content (AvgIpc) is 1.77. The molecule has 0 fully saturated rings. The second-order valence-corrected chi connectivity index (χ2v) is 2.41. The standard InChI is InChI=1S/C5H3IO2/c6-4-2-1-3-8-5(4)7/h1-3H. The first kappa shape index (κ1) is 5.81. The van der Waals surface area contributed by atoms with Gasteiger partial charge in [0.15, 0.2) is 0 Å². The summed E-state index contributed by atoms with van der Waals surface area (Å²) in [6.45, 7) is 0. The molecule has 0 saturated heterocycles. The molecular formula is C5H3IO2. The van der Waals surface area contributed by atoms with Crippen LogP contribution in [0.25, 0.3) is 0 Å². The Morgan fingerprint density at radius 1 is 1.62 bits per heavy atom. The van der Waals surface area contributed by atoms with Gasteiger partial charge < -0.3 is 4.42 Å². The normalized spacial score (nSPS) is 9.12. The quantitative estimate of drug-likeness (QED) is 0.618. The zero-order chi connectivity index (χ0) is 5.98. The number of halogens is 1. The lowest BCUT2D eigenvalue weighted by Gasteiger charge is -1.80. The molecule has 0 atom stereocenters. The highest BCUT2D eigenvalue weighted by molar-refractivity contribution is 14.1. The molecule has 0 saturated carbocycles. The molecule has 1 aromatic rings. The van der Waals surface area contributed by atoms with E-state index in [0.29, 0.717) is 3.57 Å². The lowest BCUT2D eigenvalue weighted by molar-refractivity contribution is 0.506. The third kappa shape index (κ3) is 1.09. The molecule has 1 aromatic heterocycles. The number of hydrogen-bond donors (Lipinski definition) is 0. The molecular weight excluding hydrogens is 219 g/mol. The summed E-state index contributed by atoms with van der Waals surface area (Å²) in [5.41, 5.74) is -0.270. The molecule has 0 radical (unpaired) electrons. The SMILES string of the molecule is O=c1occcc1I. The highest BCUT2D eigenvalue weighted by Crippen LogP contribution is 1.93. The third-order valence-electron chi connectivity index (χ3n) is 0.691. The largest absolute Gasteiger partial charge is 0.431 e. The summed E-state index contributed by atoms with van der Waals surface area (Å²) in [6.07, 6.45) is 1.37. The van der Waals surface area contributed by atoms with Gasteiger partial charge in [0.1, 0.15) is 0 Å². The van der Waals surface area contributed by atoms with Gasteiger partial charge in [-0.2, -0.15) is 0 Å². The predicted octanol–water partition coefficient (Wildman–Crippen LogP) is 1.24. The Kier molecular flexibility index (Phi) is 1.67. The Balaban J connectivity index is 3.35. The molecule has 0 bridgehead atoms. The van der Waals surface area contributed by atoms with Crippen molar-refractivity contribution in [3.8, 4) is 0 Å². The molecule has 0 aliphatic heterocycles. The van der Waals surface area contributed by atoms with Crippen molar-refractivity contribution in [2.45, 2.75) is 0 Å². The van der Waals surface area contributed by atoms with E-state index in [-0.39, 0.29) is 5.63 Å². The van der Waals surface area contributed by atoms with Gasteiger partial charge in [-0.1, -0.05) is 0 Å². The van der Waals surface area contributed by atoms with Crippen LogP contribution in [0.2, 0.25) is 0 Å². The van der Waals surface area contributed by atoms with Gasteiger partial charge in [-0.3, -0.25) is 0 Å². The lowest BCUT2D eigenvalue weighted by atomic mass is 10.5. The molecule has 1 heterocycles.